The van der Waals surface area contributed by atoms with E-state index in [9.17, 15) is 0 Å². The lowest BCUT2D eigenvalue weighted by Crippen LogP contribution is -2.28. The number of aromatic nitrogens is 2. The summed E-state index contributed by atoms with van der Waals surface area (Å²) in [5.74, 6) is 1.82. The van der Waals surface area contributed by atoms with Crippen LogP contribution in [0.25, 0.3) is 0 Å². The van der Waals surface area contributed by atoms with E-state index in [1.54, 1.807) is 0 Å². The molecule has 0 saturated heterocycles. The summed E-state index contributed by atoms with van der Waals surface area (Å²) in [5.41, 5.74) is 1.39. The summed E-state index contributed by atoms with van der Waals surface area (Å²) < 4.78 is 1.91. The normalized spacial score (nSPS) is 18.0. The van der Waals surface area contributed by atoms with Gasteiger partial charge < -0.3 is 5.32 Å². The highest BCUT2D eigenvalue weighted by Gasteiger charge is 2.24. The van der Waals surface area contributed by atoms with Gasteiger partial charge in [-0.25, -0.2) is 0 Å². The van der Waals surface area contributed by atoms with E-state index in [1.165, 1.54) is 57.1 Å². The van der Waals surface area contributed by atoms with Gasteiger partial charge in [0.15, 0.2) is 0 Å². The molecule has 0 aliphatic heterocycles. The van der Waals surface area contributed by atoms with Crippen LogP contribution in [0.5, 0.6) is 0 Å². The molecular formula is C16H29N3. The van der Waals surface area contributed by atoms with E-state index in [-0.39, 0.29) is 0 Å². The summed E-state index contributed by atoms with van der Waals surface area (Å²) in [6.45, 7) is 4.61. The highest BCUT2D eigenvalue weighted by molar-refractivity contribution is 5.03. The molecule has 0 aromatic carbocycles. The molecule has 1 aromatic heterocycles. The Morgan fingerprint density at radius 2 is 2.21 bits per heavy atom. The van der Waals surface area contributed by atoms with Crippen molar-refractivity contribution >= 4 is 0 Å². The second-order valence-corrected chi connectivity index (χ2v) is 6.07. The van der Waals surface area contributed by atoms with Crippen LogP contribution in [0.4, 0.5) is 0 Å². The summed E-state index contributed by atoms with van der Waals surface area (Å²) in [5, 5.41) is 7.90. The Hall–Kier alpha value is -0.830. The van der Waals surface area contributed by atoms with Gasteiger partial charge in [-0.05, 0) is 49.8 Å². The third-order valence-corrected chi connectivity index (χ3v) is 4.46. The monoisotopic (exact) mass is 263 g/mol. The molecular weight excluding hydrogens is 234 g/mol. The smallest absolute Gasteiger partial charge is 0.0521 e. The first-order valence-electron chi connectivity index (χ1n) is 7.98. The number of hydrogen-bond donors (Lipinski definition) is 1. The largest absolute Gasteiger partial charge is 0.316 e. The highest BCUT2D eigenvalue weighted by atomic mass is 15.2. The van der Waals surface area contributed by atoms with Crippen molar-refractivity contribution in [1.82, 2.24) is 15.1 Å². The van der Waals surface area contributed by atoms with Gasteiger partial charge in [-0.1, -0.05) is 32.6 Å². The molecule has 2 rings (SSSR count). The van der Waals surface area contributed by atoms with Crippen LogP contribution in [0.3, 0.4) is 0 Å². The van der Waals surface area contributed by atoms with E-state index in [1.807, 2.05) is 17.9 Å². The van der Waals surface area contributed by atoms with Crippen LogP contribution >= 0.6 is 0 Å². The first-order chi connectivity index (χ1) is 9.29. The Labute approximate surface area is 117 Å². The zero-order chi connectivity index (χ0) is 13.5. The van der Waals surface area contributed by atoms with Crippen molar-refractivity contribution in [3.63, 3.8) is 0 Å². The maximum Gasteiger partial charge on any atom is 0.0521 e. The molecule has 0 bridgehead atoms. The van der Waals surface area contributed by atoms with E-state index in [4.69, 9.17) is 0 Å². The van der Waals surface area contributed by atoms with Gasteiger partial charge in [0.25, 0.3) is 0 Å². The van der Waals surface area contributed by atoms with Crippen LogP contribution < -0.4 is 5.32 Å². The predicted molar refractivity (Wildman–Crippen MR) is 80.1 cm³/mol. The predicted octanol–water partition coefficient (Wildman–Crippen LogP) is 3.16. The molecule has 108 valence electrons. The first-order valence-corrected chi connectivity index (χ1v) is 7.98. The van der Waals surface area contributed by atoms with E-state index >= 15 is 0 Å². The van der Waals surface area contributed by atoms with Crippen LogP contribution in [-0.2, 0) is 13.5 Å². The lowest BCUT2D eigenvalue weighted by molar-refractivity contribution is 0.305. The van der Waals surface area contributed by atoms with Gasteiger partial charge in [0.1, 0.15) is 0 Å². The fraction of sp³-hybridized carbons (Fsp3) is 0.812. The van der Waals surface area contributed by atoms with Gasteiger partial charge in [0.05, 0.1) is 6.20 Å². The standard InChI is InChI=1S/C16H29N3/c1-3-10-17-12-16(15-6-4-5-7-15)9-8-14-11-18-19(2)13-14/h11,13,15-17H,3-10,12H2,1-2H3. The Morgan fingerprint density at radius 3 is 2.84 bits per heavy atom. The Bertz CT molecular complexity index is 353. The number of nitrogens with zero attached hydrogens (tertiary/aromatic N) is 2. The van der Waals surface area contributed by atoms with E-state index < -0.39 is 0 Å². The third kappa shape index (κ3) is 4.64. The second-order valence-electron chi connectivity index (χ2n) is 6.07. The van der Waals surface area contributed by atoms with E-state index in [0.717, 1.165) is 18.4 Å². The lowest BCUT2D eigenvalue weighted by Gasteiger charge is -2.23. The van der Waals surface area contributed by atoms with E-state index in [2.05, 4.69) is 23.5 Å². The second kappa shape index (κ2) is 7.68. The molecule has 1 unspecified atom stereocenters. The molecule has 19 heavy (non-hydrogen) atoms. The molecule has 1 aliphatic carbocycles. The first kappa shape index (κ1) is 14.6. The number of rotatable bonds is 8. The highest BCUT2D eigenvalue weighted by Crippen LogP contribution is 2.33. The third-order valence-electron chi connectivity index (χ3n) is 4.46. The summed E-state index contributed by atoms with van der Waals surface area (Å²) in [6, 6.07) is 0. The Balaban J connectivity index is 1.81. The summed E-state index contributed by atoms with van der Waals surface area (Å²) in [4.78, 5) is 0. The molecule has 1 atom stereocenters. The van der Waals surface area contributed by atoms with Gasteiger partial charge in [0.2, 0.25) is 0 Å². The summed E-state index contributed by atoms with van der Waals surface area (Å²) >= 11 is 0. The topological polar surface area (TPSA) is 29.9 Å². The van der Waals surface area contributed by atoms with Crippen molar-refractivity contribution in [2.24, 2.45) is 18.9 Å². The van der Waals surface area contributed by atoms with Gasteiger partial charge in [-0.3, -0.25) is 4.68 Å². The fourth-order valence-corrected chi connectivity index (χ4v) is 3.35. The SMILES string of the molecule is CCCNCC(CCc1cnn(C)c1)C1CCCC1. The van der Waals surface area contributed by atoms with Crippen molar-refractivity contribution in [2.45, 2.75) is 51.9 Å². The molecule has 0 radical (unpaired) electrons. The van der Waals surface area contributed by atoms with E-state index in [0.29, 0.717) is 0 Å². The van der Waals surface area contributed by atoms with Crippen LogP contribution in [0.15, 0.2) is 12.4 Å². The van der Waals surface area contributed by atoms with Crippen molar-refractivity contribution in [3.05, 3.63) is 18.0 Å². The average molecular weight is 263 g/mol. The zero-order valence-electron chi connectivity index (χ0n) is 12.6. The molecule has 3 nitrogen and oxygen atoms in total. The maximum atomic E-state index is 4.27. The number of nitrogens with one attached hydrogen (secondary N) is 1. The molecule has 1 aromatic rings. The summed E-state index contributed by atoms with van der Waals surface area (Å²) in [7, 11) is 2.00. The Morgan fingerprint density at radius 1 is 1.42 bits per heavy atom. The van der Waals surface area contributed by atoms with Crippen molar-refractivity contribution in [2.75, 3.05) is 13.1 Å². The van der Waals surface area contributed by atoms with Crippen molar-refractivity contribution in [1.29, 1.82) is 0 Å². The maximum absolute atomic E-state index is 4.27. The summed E-state index contributed by atoms with van der Waals surface area (Å²) in [6.07, 6.45) is 13.7. The lowest BCUT2D eigenvalue weighted by atomic mass is 9.86. The van der Waals surface area contributed by atoms with Crippen molar-refractivity contribution in [3.8, 4) is 0 Å². The van der Waals surface area contributed by atoms with Gasteiger partial charge in [0, 0.05) is 13.2 Å². The van der Waals surface area contributed by atoms with Crippen molar-refractivity contribution < 1.29 is 0 Å². The minimum absolute atomic E-state index is 0.856. The van der Waals surface area contributed by atoms with Gasteiger partial charge in [-0.2, -0.15) is 5.10 Å². The quantitative estimate of drug-likeness (QED) is 0.730. The molecule has 1 N–H and O–H groups in total. The molecule has 0 spiro atoms. The van der Waals surface area contributed by atoms with Gasteiger partial charge in [-0.15, -0.1) is 0 Å². The molecule has 1 aliphatic rings. The fourth-order valence-electron chi connectivity index (χ4n) is 3.35. The van der Waals surface area contributed by atoms with Crippen LogP contribution in [-0.4, -0.2) is 22.9 Å². The Kier molecular flexibility index (Phi) is 5.90. The molecule has 1 saturated carbocycles. The minimum Gasteiger partial charge on any atom is -0.316 e. The molecule has 1 heterocycles. The van der Waals surface area contributed by atoms with Crippen LogP contribution in [0.1, 0.15) is 51.0 Å². The minimum atomic E-state index is 0.856. The molecule has 1 fully saturated rings. The number of aryl methyl sites for hydroxylation is 2. The number of hydrogen-bond acceptors (Lipinski definition) is 2. The molecule has 0 amide bonds. The molecule has 3 heteroatoms. The van der Waals surface area contributed by atoms with Crippen LogP contribution in [0, 0.1) is 11.8 Å². The average Bonchev–Trinajstić information content (AvgIpc) is 3.05. The zero-order valence-corrected chi connectivity index (χ0v) is 12.6. The van der Waals surface area contributed by atoms with Gasteiger partial charge >= 0.3 is 0 Å². The van der Waals surface area contributed by atoms with Crippen LogP contribution in [0.2, 0.25) is 0 Å².